The van der Waals surface area contributed by atoms with Gasteiger partial charge >= 0.3 is 5.97 Å². The van der Waals surface area contributed by atoms with E-state index < -0.39 is 12.0 Å². The molecule has 0 amide bonds. The smallest absolute Gasteiger partial charge is 0.326 e. The highest BCUT2D eigenvalue weighted by molar-refractivity contribution is 5.78. The molecule has 15 heavy (non-hydrogen) atoms. The number of hydrogen-bond donors (Lipinski definition) is 1. The van der Waals surface area contributed by atoms with Crippen LogP contribution in [-0.4, -0.2) is 33.6 Å². The Bertz CT molecular complexity index is 381. The van der Waals surface area contributed by atoms with Gasteiger partial charge in [0.2, 0.25) is 0 Å². The van der Waals surface area contributed by atoms with Crippen LogP contribution in [-0.2, 0) is 4.79 Å². The fraction of sp³-hybridized carbons (Fsp3) is 0.500. The normalized spacial score (nSPS) is 20.6. The van der Waals surface area contributed by atoms with Crippen LogP contribution in [0.15, 0.2) is 12.3 Å². The van der Waals surface area contributed by atoms with Crippen molar-refractivity contribution in [2.45, 2.75) is 25.8 Å². The van der Waals surface area contributed by atoms with Crippen LogP contribution >= 0.6 is 0 Å². The number of rotatable bonds is 2. The molecule has 0 spiro atoms. The van der Waals surface area contributed by atoms with E-state index in [1.165, 1.54) is 0 Å². The standard InChI is InChI=1S/C10H13N3O2/c1-7-11-5-4-9(12-7)13-6-2-3-8(13)10(14)15/h4-5,8H,2-3,6H2,1H3,(H,14,15)/t8-/m0/s1. The summed E-state index contributed by atoms with van der Waals surface area (Å²) < 4.78 is 0. The second kappa shape index (κ2) is 3.84. The molecule has 2 heterocycles. The number of aromatic nitrogens is 2. The van der Waals surface area contributed by atoms with Gasteiger partial charge in [0, 0.05) is 12.7 Å². The molecule has 1 saturated heterocycles. The minimum atomic E-state index is -0.774. The van der Waals surface area contributed by atoms with Crippen molar-refractivity contribution in [2.24, 2.45) is 0 Å². The Morgan fingerprint density at radius 1 is 1.67 bits per heavy atom. The quantitative estimate of drug-likeness (QED) is 0.778. The molecule has 0 unspecified atom stereocenters. The van der Waals surface area contributed by atoms with E-state index in [-0.39, 0.29) is 0 Å². The van der Waals surface area contributed by atoms with E-state index in [4.69, 9.17) is 5.11 Å². The third-order valence-corrected chi connectivity index (χ3v) is 2.59. The number of hydrogen-bond acceptors (Lipinski definition) is 4. The zero-order valence-electron chi connectivity index (χ0n) is 8.55. The zero-order chi connectivity index (χ0) is 10.8. The molecule has 1 fully saturated rings. The van der Waals surface area contributed by atoms with E-state index in [0.29, 0.717) is 18.1 Å². The van der Waals surface area contributed by atoms with Crippen molar-refractivity contribution < 1.29 is 9.90 Å². The number of nitrogens with zero attached hydrogens (tertiary/aromatic N) is 3. The number of carbonyl (C=O) groups is 1. The minimum Gasteiger partial charge on any atom is -0.480 e. The molecule has 0 radical (unpaired) electrons. The molecule has 0 aliphatic carbocycles. The maximum atomic E-state index is 11.0. The Morgan fingerprint density at radius 2 is 2.47 bits per heavy atom. The fourth-order valence-corrected chi connectivity index (χ4v) is 1.90. The van der Waals surface area contributed by atoms with Crippen molar-refractivity contribution >= 4 is 11.8 Å². The molecule has 0 bridgehead atoms. The predicted molar refractivity (Wildman–Crippen MR) is 54.8 cm³/mol. The molecule has 2 rings (SSSR count). The van der Waals surface area contributed by atoms with E-state index in [2.05, 4.69) is 9.97 Å². The van der Waals surface area contributed by atoms with Gasteiger partial charge in [0.1, 0.15) is 17.7 Å². The highest BCUT2D eigenvalue weighted by Crippen LogP contribution is 2.23. The van der Waals surface area contributed by atoms with Gasteiger partial charge in [-0.3, -0.25) is 0 Å². The largest absolute Gasteiger partial charge is 0.480 e. The lowest BCUT2D eigenvalue weighted by Gasteiger charge is -2.22. The van der Waals surface area contributed by atoms with Gasteiger partial charge in [-0.05, 0) is 25.8 Å². The lowest BCUT2D eigenvalue weighted by Crippen LogP contribution is -2.36. The van der Waals surface area contributed by atoms with Gasteiger partial charge in [-0.1, -0.05) is 0 Å². The maximum Gasteiger partial charge on any atom is 0.326 e. The number of carboxylic acids is 1. The zero-order valence-corrected chi connectivity index (χ0v) is 8.55. The van der Waals surface area contributed by atoms with Crippen molar-refractivity contribution in [3.8, 4) is 0 Å². The summed E-state index contributed by atoms with van der Waals surface area (Å²) in [5, 5.41) is 9.03. The van der Waals surface area contributed by atoms with Crippen molar-refractivity contribution in [1.82, 2.24) is 9.97 Å². The molecule has 0 aromatic carbocycles. The van der Waals surface area contributed by atoms with Crippen LogP contribution in [0.3, 0.4) is 0 Å². The van der Waals surface area contributed by atoms with Crippen LogP contribution in [0, 0.1) is 6.92 Å². The lowest BCUT2D eigenvalue weighted by molar-refractivity contribution is -0.138. The summed E-state index contributed by atoms with van der Waals surface area (Å²) in [6, 6.07) is 1.33. The second-order valence-corrected chi connectivity index (χ2v) is 3.65. The molecule has 1 aliphatic heterocycles. The fourth-order valence-electron chi connectivity index (χ4n) is 1.90. The lowest BCUT2D eigenvalue weighted by atomic mass is 10.2. The molecule has 0 saturated carbocycles. The summed E-state index contributed by atoms with van der Waals surface area (Å²) in [6.45, 7) is 2.56. The Morgan fingerprint density at radius 3 is 3.13 bits per heavy atom. The van der Waals surface area contributed by atoms with Gasteiger partial charge in [-0.2, -0.15) is 0 Å². The number of aliphatic carboxylic acids is 1. The summed E-state index contributed by atoms with van der Waals surface area (Å²) in [7, 11) is 0. The van der Waals surface area contributed by atoms with Crippen molar-refractivity contribution in [2.75, 3.05) is 11.4 Å². The third-order valence-electron chi connectivity index (χ3n) is 2.59. The molecule has 5 heteroatoms. The highest BCUT2D eigenvalue weighted by atomic mass is 16.4. The number of aryl methyl sites for hydroxylation is 1. The Labute approximate surface area is 87.8 Å². The summed E-state index contributed by atoms with van der Waals surface area (Å²) in [6.07, 6.45) is 3.26. The van der Waals surface area contributed by atoms with E-state index in [1.54, 1.807) is 19.2 Å². The third kappa shape index (κ3) is 1.91. The molecular weight excluding hydrogens is 194 g/mol. The highest BCUT2D eigenvalue weighted by Gasteiger charge is 2.31. The average Bonchev–Trinajstić information content (AvgIpc) is 2.65. The Kier molecular flexibility index (Phi) is 2.53. The van der Waals surface area contributed by atoms with Crippen LogP contribution in [0.1, 0.15) is 18.7 Å². The molecule has 80 valence electrons. The van der Waals surface area contributed by atoms with E-state index >= 15 is 0 Å². The first kappa shape index (κ1) is 9.89. The van der Waals surface area contributed by atoms with Gasteiger partial charge < -0.3 is 10.0 Å². The van der Waals surface area contributed by atoms with Crippen molar-refractivity contribution in [1.29, 1.82) is 0 Å². The minimum absolute atomic E-state index is 0.431. The maximum absolute atomic E-state index is 11.0. The Hall–Kier alpha value is -1.65. The monoisotopic (exact) mass is 207 g/mol. The first-order valence-electron chi connectivity index (χ1n) is 4.97. The van der Waals surface area contributed by atoms with Crippen LogP contribution < -0.4 is 4.90 Å². The van der Waals surface area contributed by atoms with Gasteiger partial charge in [-0.15, -0.1) is 0 Å². The summed E-state index contributed by atoms with van der Waals surface area (Å²) in [5.41, 5.74) is 0. The van der Waals surface area contributed by atoms with E-state index in [9.17, 15) is 4.79 Å². The van der Waals surface area contributed by atoms with Crippen molar-refractivity contribution in [3.05, 3.63) is 18.1 Å². The summed E-state index contributed by atoms with van der Waals surface area (Å²) in [5.74, 6) is 0.611. The molecule has 5 nitrogen and oxygen atoms in total. The first-order valence-corrected chi connectivity index (χ1v) is 4.97. The van der Waals surface area contributed by atoms with Crippen LogP contribution in [0.4, 0.5) is 5.82 Å². The molecule has 1 N–H and O–H groups in total. The van der Waals surface area contributed by atoms with Gasteiger partial charge in [0.25, 0.3) is 0 Å². The van der Waals surface area contributed by atoms with Gasteiger partial charge in [0.15, 0.2) is 0 Å². The molecule has 1 aromatic heterocycles. The number of carboxylic acid groups (broad SMARTS) is 1. The predicted octanol–water partition coefficient (Wildman–Crippen LogP) is 0.838. The molecule has 1 aromatic rings. The first-order chi connectivity index (χ1) is 7.18. The SMILES string of the molecule is Cc1nccc(N2CCC[C@H]2C(=O)O)n1. The number of anilines is 1. The topological polar surface area (TPSA) is 66.3 Å². The summed E-state index contributed by atoms with van der Waals surface area (Å²) in [4.78, 5) is 21.1. The van der Waals surface area contributed by atoms with Crippen LogP contribution in [0.25, 0.3) is 0 Å². The van der Waals surface area contributed by atoms with Gasteiger partial charge in [-0.25, -0.2) is 14.8 Å². The molecule has 1 aliphatic rings. The van der Waals surface area contributed by atoms with Crippen molar-refractivity contribution in [3.63, 3.8) is 0 Å². The molecular formula is C10H13N3O2. The van der Waals surface area contributed by atoms with Crippen LogP contribution in [0.2, 0.25) is 0 Å². The van der Waals surface area contributed by atoms with E-state index in [1.807, 2.05) is 4.90 Å². The average molecular weight is 207 g/mol. The van der Waals surface area contributed by atoms with Crippen LogP contribution in [0.5, 0.6) is 0 Å². The summed E-state index contributed by atoms with van der Waals surface area (Å²) >= 11 is 0. The second-order valence-electron chi connectivity index (χ2n) is 3.65. The molecule has 1 atom stereocenters. The van der Waals surface area contributed by atoms with Gasteiger partial charge in [0.05, 0.1) is 0 Å². The Balaban J connectivity index is 2.26. The van der Waals surface area contributed by atoms with E-state index in [0.717, 1.165) is 13.0 Å².